The summed E-state index contributed by atoms with van der Waals surface area (Å²) in [7, 11) is 4.03. The number of carbonyl (C=O) groups excluding carboxylic acids is 2. The summed E-state index contributed by atoms with van der Waals surface area (Å²) >= 11 is 0. The Hall–Kier alpha value is -4.06. The fourth-order valence-electron chi connectivity index (χ4n) is 5.02. The van der Waals surface area contributed by atoms with Crippen LogP contribution in [-0.2, 0) is 23.2 Å². The van der Waals surface area contributed by atoms with E-state index in [4.69, 9.17) is 0 Å². The van der Waals surface area contributed by atoms with Gasteiger partial charge in [-0.3, -0.25) is 9.59 Å². The monoisotopic (exact) mass is 552 g/mol. The molecule has 4 rings (SSSR count). The number of nitrogens with zero attached hydrogens (tertiary/aromatic N) is 3. The van der Waals surface area contributed by atoms with Gasteiger partial charge in [-0.15, -0.1) is 0 Å². The van der Waals surface area contributed by atoms with Gasteiger partial charge in [-0.2, -0.15) is 0 Å². The number of aromatic nitrogens is 1. The molecule has 0 fully saturated rings. The molecular weight excluding hydrogens is 508 g/mol. The van der Waals surface area contributed by atoms with Gasteiger partial charge in [-0.05, 0) is 72.7 Å². The van der Waals surface area contributed by atoms with E-state index in [1.165, 1.54) is 16.5 Å². The van der Waals surface area contributed by atoms with E-state index in [0.717, 1.165) is 23.2 Å². The molecule has 6 nitrogen and oxygen atoms in total. The van der Waals surface area contributed by atoms with Crippen molar-refractivity contribution in [1.29, 1.82) is 0 Å². The van der Waals surface area contributed by atoms with Crippen molar-refractivity contribution in [3.63, 3.8) is 0 Å². The Morgan fingerprint density at radius 3 is 2.15 bits per heavy atom. The zero-order valence-corrected chi connectivity index (χ0v) is 25.6. The fourth-order valence-corrected chi connectivity index (χ4v) is 5.02. The molecule has 3 aromatic carbocycles. The fraction of sp³-hybridized carbons (Fsp3) is 0.371. The minimum absolute atomic E-state index is 0.00528. The minimum atomic E-state index is -0.124. The molecule has 1 heterocycles. The van der Waals surface area contributed by atoms with Crippen LogP contribution in [0.2, 0.25) is 0 Å². The molecule has 0 atom stereocenters. The van der Waals surface area contributed by atoms with Crippen LogP contribution >= 0.6 is 0 Å². The van der Waals surface area contributed by atoms with E-state index in [9.17, 15) is 9.59 Å². The first-order valence-corrected chi connectivity index (χ1v) is 14.4. The number of carbonyl (C=O) groups is 2. The van der Waals surface area contributed by atoms with Crippen LogP contribution in [0.3, 0.4) is 0 Å². The summed E-state index contributed by atoms with van der Waals surface area (Å²) in [5, 5.41) is 1.17. The number of nitrogens with one attached hydrogen (secondary N) is 1. The van der Waals surface area contributed by atoms with Crippen molar-refractivity contribution >= 4 is 28.4 Å². The Labute approximate surface area is 245 Å². The molecule has 216 valence electrons. The van der Waals surface area contributed by atoms with Gasteiger partial charge in [0.2, 0.25) is 5.91 Å². The van der Waals surface area contributed by atoms with Gasteiger partial charge >= 0.3 is 0 Å². The number of amides is 2. The van der Waals surface area contributed by atoms with Crippen molar-refractivity contribution in [2.45, 2.75) is 59.0 Å². The average Bonchev–Trinajstić information content (AvgIpc) is 3.36. The molecule has 0 saturated heterocycles. The maximum atomic E-state index is 13.9. The molecule has 0 saturated carbocycles. The molecule has 0 aliphatic carbocycles. The summed E-state index contributed by atoms with van der Waals surface area (Å²) in [6, 6.07) is 24.2. The van der Waals surface area contributed by atoms with Gasteiger partial charge in [0, 0.05) is 61.6 Å². The predicted molar refractivity (Wildman–Crippen MR) is 170 cm³/mol. The second-order valence-electron chi connectivity index (χ2n) is 12.3. The molecule has 0 aliphatic rings. The number of hydrogen-bond donors (Lipinski definition) is 1. The molecule has 4 aromatic rings. The molecular formula is C35H44N4O2. The lowest BCUT2D eigenvalue weighted by molar-refractivity contribution is -0.132. The van der Waals surface area contributed by atoms with E-state index < -0.39 is 0 Å². The van der Waals surface area contributed by atoms with Crippen LogP contribution < -0.4 is 4.90 Å². The van der Waals surface area contributed by atoms with Crippen molar-refractivity contribution in [3.8, 4) is 0 Å². The lowest BCUT2D eigenvalue weighted by Crippen LogP contribution is -2.46. The van der Waals surface area contributed by atoms with Crippen LogP contribution in [0.4, 0.5) is 5.69 Å². The Bertz CT molecular complexity index is 1460. The van der Waals surface area contributed by atoms with Crippen molar-refractivity contribution in [1.82, 2.24) is 14.8 Å². The Morgan fingerprint density at radius 2 is 1.54 bits per heavy atom. The molecule has 2 amide bonds. The lowest BCUT2D eigenvalue weighted by atomic mass is 9.86. The van der Waals surface area contributed by atoms with Gasteiger partial charge < -0.3 is 19.7 Å². The van der Waals surface area contributed by atoms with Gasteiger partial charge in [-0.1, -0.05) is 63.2 Å². The molecule has 1 aromatic heterocycles. The quantitative estimate of drug-likeness (QED) is 0.240. The zero-order chi connectivity index (χ0) is 29.7. The highest BCUT2D eigenvalue weighted by Crippen LogP contribution is 2.23. The van der Waals surface area contributed by atoms with E-state index >= 15 is 0 Å². The van der Waals surface area contributed by atoms with E-state index in [1.54, 1.807) is 4.90 Å². The van der Waals surface area contributed by atoms with Crippen molar-refractivity contribution in [2.24, 2.45) is 0 Å². The van der Waals surface area contributed by atoms with Gasteiger partial charge in [0.1, 0.15) is 6.54 Å². The number of hydrogen-bond acceptors (Lipinski definition) is 3. The number of fused-ring (bicyclic) bond motifs is 1. The summed E-state index contributed by atoms with van der Waals surface area (Å²) in [4.78, 5) is 36.5. The van der Waals surface area contributed by atoms with Crippen molar-refractivity contribution in [2.75, 3.05) is 32.1 Å². The van der Waals surface area contributed by atoms with E-state index in [-0.39, 0.29) is 29.8 Å². The summed E-state index contributed by atoms with van der Waals surface area (Å²) in [6.07, 6.45) is 2.75. The number of anilines is 1. The zero-order valence-electron chi connectivity index (χ0n) is 25.6. The lowest BCUT2D eigenvalue weighted by Gasteiger charge is -2.30. The first kappa shape index (κ1) is 29.9. The largest absolute Gasteiger partial charge is 0.378 e. The second kappa shape index (κ2) is 12.6. The third-order valence-electron chi connectivity index (χ3n) is 7.69. The number of rotatable bonds is 10. The smallest absolute Gasteiger partial charge is 0.254 e. The van der Waals surface area contributed by atoms with Gasteiger partial charge in [0.15, 0.2) is 0 Å². The Kier molecular flexibility index (Phi) is 9.21. The van der Waals surface area contributed by atoms with E-state index in [2.05, 4.69) is 67.1 Å². The van der Waals surface area contributed by atoms with Gasteiger partial charge in [0.05, 0.1) is 0 Å². The van der Waals surface area contributed by atoms with Crippen molar-refractivity contribution < 1.29 is 9.59 Å². The van der Waals surface area contributed by atoms with Gasteiger partial charge in [0.25, 0.3) is 5.91 Å². The molecule has 1 N–H and O–H groups in total. The summed E-state index contributed by atoms with van der Waals surface area (Å²) < 4.78 is 0. The van der Waals surface area contributed by atoms with E-state index in [1.807, 2.05) is 75.4 Å². The third kappa shape index (κ3) is 7.37. The maximum absolute atomic E-state index is 13.9. The van der Waals surface area contributed by atoms with Gasteiger partial charge in [-0.25, -0.2) is 0 Å². The molecule has 0 bridgehead atoms. The number of H-pyrrole nitrogens is 1. The molecule has 6 heteroatoms. The Morgan fingerprint density at radius 1 is 0.878 bits per heavy atom. The number of para-hydroxylation sites is 1. The second-order valence-corrected chi connectivity index (χ2v) is 12.3. The van der Waals surface area contributed by atoms with Crippen LogP contribution in [0.1, 0.15) is 61.7 Å². The number of aromatic amines is 1. The third-order valence-corrected chi connectivity index (χ3v) is 7.69. The molecule has 41 heavy (non-hydrogen) atoms. The van der Waals surface area contributed by atoms with Crippen LogP contribution in [0.15, 0.2) is 79.0 Å². The number of benzene rings is 3. The topological polar surface area (TPSA) is 59.7 Å². The van der Waals surface area contributed by atoms with Crippen LogP contribution in [0.5, 0.6) is 0 Å². The first-order chi connectivity index (χ1) is 19.4. The van der Waals surface area contributed by atoms with Crippen LogP contribution in [0.25, 0.3) is 10.9 Å². The minimum Gasteiger partial charge on any atom is -0.378 e. The van der Waals surface area contributed by atoms with Crippen LogP contribution in [-0.4, -0.2) is 59.8 Å². The van der Waals surface area contributed by atoms with Crippen LogP contribution in [0, 0.1) is 0 Å². The molecule has 0 radical (unpaired) electrons. The molecule has 0 unspecified atom stereocenters. The Balaban J connectivity index is 1.55. The SMILES string of the molecule is CC(C)N(CC(=O)N(CCc1c[nH]c2ccccc12)Cc1ccc(N(C)C)cc1)C(=O)c1ccc(C(C)(C)C)cc1. The first-order valence-electron chi connectivity index (χ1n) is 14.4. The summed E-state index contributed by atoms with van der Waals surface area (Å²) in [5.41, 5.74) is 6.22. The highest BCUT2D eigenvalue weighted by atomic mass is 16.2. The standard InChI is InChI=1S/C35H44N4O2/c1-25(2)39(34(41)27-14-16-29(17-15-27)35(3,4)5)24-33(40)38(23-26-12-18-30(19-13-26)37(6)7)21-20-28-22-36-32-11-9-8-10-31(28)32/h8-19,22,25,36H,20-21,23-24H2,1-7H3. The highest BCUT2D eigenvalue weighted by molar-refractivity contribution is 5.96. The average molecular weight is 553 g/mol. The summed E-state index contributed by atoms with van der Waals surface area (Å²) in [6.45, 7) is 11.5. The van der Waals surface area contributed by atoms with Crippen molar-refractivity contribution in [3.05, 3.63) is 101 Å². The summed E-state index contributed by atoms with van der Waals surface area (Å²) in [5.74, 6) is -0.185. The predicted octanol–water partition coefficient (Wildman–Crippen LogP) is 6.65. The molecule has 0 aliphatic heterocycles. The maximum Gasteiger partial charge on any atom is 0.254 e. The van der Waals surface area contributed by atoms with E-state index in [0.29, 0.717) is 18.7 Å². The normalized spacial score (nSPS) is 11.6. The molecule has 0 spiro atoms. The highest BCUT2D eigenvalue weighted by Gasteiger charge is 2.25.